The molecule has 2 heterocycles. The van der Waals surface area contributed by atoms with Crippen LogP contribution in [0.15, 0.2) is 24.5 Å². The minimum absolute atomic E-state index is 0.243. The average molecular weight is 276 g/mol. The van der Waals surface area contributed by atoms with Crippen molar-refractivity contribution in [1.82, 2.24) is 9.97 Å². The van der Waals surface area contributed by atoms with Crippen molar-refractivity contribution in [2.75, 3.05) is 36.1 Å². The number of nitrogens with zero attached hydrogens (tertiary/aromatic N) is 2. The van der Waals surface area contributed by atoms with Crippen molar-refractivity contribution in [2.45, 2.75) is 0 Å². The number of hydrogen-bond donors (Lipinski definition) is 4. The summed E-state index contributed by atoms with van der Waals surface area (Å²) in [6.07, 6.45) is 2.93. The van der Waals surface area contributed by atoms with E-state index in [1.165, 1.54) is 12.4 Å². The van der Waals surface area contributed by atoms with Crippen molar-refractivity contribution in [2.24, 2.45) is 0 Å². The van der Waals surface area contributed by atoms with Crippen LogP contribution in [-0.4, -0.2) is 23.2 Å². The fraction of sp³-hybridized carbons (Fsp3) is 0.167. The van der Waals surface area contributed by atoms with Crippen LogP contribution in [0.1, 0.15) is 0 Å². The number of hydrogen-bond acceptors (Lipinski definition) is 8. The Hall–Kier alpha value is -2.90. The highest BCUT2D eigenvalue weighted by atomic mass is 16.5. The van der Waals surface area contributed by atoms with Crippen molar-refractivity contribution in [3.63, 3.8) is 0 Å². The summed E-state index contributed by atoms with van der Waals surface area (Å²) >= 11 is 0. The molecule has 2 aromatic rings. The van der Waals surface area contributed by atoms with Crippen molar-refractivity contribution in [1.29, 1.82) is 0 Å². The van der Waals surface area contributed by atoms with Gasteiger partial charge in [-0.1, -0.05) is 0 Å². The molecule has 0 aliphatic carbocycles. The fourth-order valence-electron chi connectivity index (χ4n) is 1.49. The van der Waals surface area contributed by atoms with E-state index in [0.29, 0.717) is 34.5 Å². The second kappa shape index (κ2) is 5.83. The third kappa shape index (κ3) is 3.31. The molecule has 0 amide bonds. The molecule has 0 atom stereocenters. The molecule has 8 N–H and O–H groups in total. The normalized spacial score (nSPS) is 10.2. The summed E-state index contributed by atoms with van der Waals surface area (Å²) in [7, 11) is 0. The molecule has 8 nitrogen and oxygen atoms in total. The summed E-state index contributed by atoms with van der Waals surface area (Å²) in [6.45, 7) is 0.485. The van der Waals surface area contributed by atoms with Crippen LogP contribution in [0.3, 0.4) is 0 Å². The second-order valence-corrected chi connectivity index (χ2v) is 4.02. The third-order valence-corrected chi connectivity index (χ3v) is 2.36. The first-order valence-corrected chi connectivity index (χ1v) is 5.84. The quantitative estimate of drug-likeness (QED) is 0.568. The maximum absolute atomic E-state index is 5.70. The molecule has 0 saturated heterocycles. The minimum Gasteiger partial charge on any atom is -0.473 e. The molecule has 0 saturated carbocycles. The van der Waals surface area contributed by atoms with E-state index in [4.69, 9.17) is 32.4 Å². The molecule has 0 fully saturated rings. The Morgan fingerprint density at radius 1 is 0.750 bits per heavy atom. The standard InChI is InChI=1S/C12H16N6O2/c13-7-3-9(15)11(17-5-7)19-1-2-20-12-10(16)4-8(14)6-18-12/h3-6H,1-2,13-16H2. The van der Waals surface area contributed by atoms with Crippen LogP contribution >= 0.6 is 0 Å². The van der Waals surface area contributed by atoms with Crippen LogP contribution in [0.25, 0.3) is 0 Å². The maximum atomic E-state index is 5.70. The van der Waals surface area contributed by atoms with Crippen LogP contribution in [0.2, 0.25) is 0 Å². The topological polar surface area (TPSA) is 148 Å². The Morgan fingerprint density at radius 3 is 1.50 bits per heavy atom. The predicted octanol–water partition coefficient (Wildman–Crippen LogP) is 0.263. The lowest BCUT2D eigenvalue weighted by atomic mass is 10.4. The van der Waals surface area contributed by atoms with Gasteiger partial charge >= 0.3 is 0 Å². The van der Waals surface area contributed by atoms with E-state index in [1.807, 2.05) is 0 Å². The molecule has 8 heteroatoms. The van der Waals surface area contributed by atoms with Crippen LogP contribution in [-0.2, 0) is 0 Å². The first-order chi connectivity index (χ1) is 9.56. The Bertz CT molecular complexity index is 551. The number of ether oxygens (including phenoxy) is 2. The van der Waals surface area contributed by atoms with Crippen molar-refractivity contribution in [3.8, 4) is 11.8 Å². The van der Waals surface area contributed by atoms with E-state index in [1.54, 1.807) is 12.1 Å². The minimum atomic E-state index is 0.243. The molecule has 0 aliphatic rings. The van der Waals surface area contributed by atoms with Gasteiger partial charge < -0.3 is 32.4 Å². The van der Waals surface area contributed by atoms with Crippen LogP contribution in [0.5, 0.6) is 11.8 Å². The molecule has 0 aliphatic heterocycles. The number of nitrogens with two attached hydrogens (primary N) is 4. The molecule has 2 rings (SSSR count). The monoisotopic (exact) mass is 276 g/mol. The van der Waals surface area contributed by atoms with Gasteiger partial charge in [0.25, 0.3) is 0 Å². The van der Waals surface area contributed by atoms with Crippen LogP contribution in [0.4, 0.5) is 22.7 Å². The van der Waals surface area contributed by atoms with E-state index in [9.17, 15) is 0 Å². The number of aromatic nitrogens is 2. The van der Waals surface area contributed by atoms with Gasteiger partial charge in [-0.25, -0.2) is 9.97 Å². The van der Waals surface area contributed by atoms with Gasteiger partial charge in [0.1, 0.15) is 13.2 Å². The third-order valence-electron chi connectivity index (χ3n) is 2.36. The van der Waals surface area contributed by atoms with Crippen molar-refractivity contribution < 1.29 is 9.47 Å². The molecular formula is C12H16N6O2. The Balaban J connectivity index is 1.84. The van der Waals surface area contributed by atoms with Gasteiger partial charge in [0.15, 0.2) is 0 Å². The zero-order valence-corrected chi connectivity index (χ0v) is 10.7. The average Bonchev–Trinajstić information content (AvgIpc) is 2.39. The number of nitrogen functional groups attached to an aromatic ring is 4. The van der Waals surface area contributed by atoms with Crippen LogP contribution < -0.4 is 32.4 Å². The Labute approximate surface area is 115 Å². The fourth-order valence-corrected chi connectivity index (χ4v) is 1.49. The lowest BCUT2D eigenvalue weighted by Gasteiger charge is -2.10. The second-order valence-electron chi connectivity index (χ2n) is 4.02. The zero-order chi connectivity index (χ0) is 14.5. The summed E-state index contributed by atoms with van der Waals surface area (Å²) in [5, 5.41) is 0. The highest BCUT2D eigenvalue weighted by Gasteiger charge is 2.05. The van der Waals surface area contributed by atoms with E-state index >= 15 is 0 Å². The first-order valence-electron chi connectivity index (χ1n) is 5.84. The van der Waals surface area contributed by atoms with Crippen molar-refractivity contribution >= 4 is 22.7 Å². The van der Waals surface area contributed by atoms with E-state index < -0.39 is 0 Å². The molecule has 0 bridgehead atoms. The summed E-state index contributed by atoms with van der Waals surface area (Å²) in [6, 6.07) is 3.14. The largest absolute Gasteiger partial charge is 0.473 e. The van der Waals surface area contributed by atoms with Crippen molar-refractivity contribution in [3.05, 3.63) is 24.5 Å². The summed E-state index contributed by atoms with van der Waals surface area (Å²) < 4.78 is 10.7. The van der Waals surface area contributed by atoms with E-state index in [-0.39, 0.29) is 13.2 Å². The van der Waals surface area contributed by atoms with E-state index in [0.717, 1.165) is 0 Å². The van der Waals surface area contributed by atoms with Gasteiger partial charge in [-0.15, -0.1) is 0 Å². The SMILES string of the molecule is Nc1cnc(OCCOc2ncc(N)cc2N)c(N)c1. The van der Waals surface area contributed by atoms with Gasteiger partial charge in [0, 0.05) is 0 Å². The molecule has 0 radical (unpaired) electrons. The summed E-state index contributed by atoms with van der Waals surface area (Å²) in [5.74, 6) is 0.613. The highest BCUT2D eigenvalue weighted by molar-refractivity contribution is 5.56. The Morgan fingerprint density at radius 2 is 1.15 bits per heavy atom. The lowest BCUT2D eigenvalue weighted by Crippen LogP contribution is -2.12. The molecule has 0 unspecified atom stereocenters. The number of rotatable bonds is 5. The maximum Gasteiger partial charge on any atom is 0.237 e. The molecular weight excluding hydrogens is 260 g/mol. The lowest BCUT2D eigenvalue weighted by molar-refractivity contribution is 0.209. The van der Waals surface area contributed by atoms with Gasteiger partial charge in [-0.3, -0.25) is 0 Å². The molecule has 0 spiro atoms. The molecule has 106 valence electrons. The summed E-state index contributed by atoms with van der Waals surface area (Å²) in [4.78, 5) is 7.93. The zero-order valence-electron chi connectivity index (χ0n) is 10.7. The Kier molecular flexibility index (Phi) is 3.94. The number of anilines is 4. The highest BCUT2D eigenvalue weighted by Crippen LogP contribution is 2.21. The van der Waals surface area contributed by atoms with E-state index in [2.05, 4.69) is 9.97 Å². The predicted molar refractivity (Wildman–Crippen MR) is 77.1 cm³/mol. The van der Waals surface area contributed by atoms with Crippen LogP contribution in [0, 0.1) is 0 Å². The molecule has 0 aromatic carbocycles. The number of pyridine rings is 2. The first kappa shape index (κ1) is 13.5. The van der Waals surface area contributed by atoms with Gasteiger partial charge in [0.05, 0.1) is 35.1 Å². The molecule has 20 heavy (non-hydrogen) atoms. The summed E-state index contributed by atoms with van der Waals surface area (Å²) in [5.41, 5.74) is 24.2. The van der Waals surface area contributed by atoms with Gasteiger partial charge in [-0.2, -0.15) is 0 Å². The van der Waals surface area contributed by atoms with Gasteiger partial charge in [0.2, 0.25) is 11.8 Å². The molecule has 2 aromatic heterocycles. The smallest absolute Gasteiger partial charge is 0.237 e. The van der Waals surface area contributed by atoms with Gasteiger partial charge in [-0.05, 0) is 12.1 Å².